The standard InChI is InChI=1S/C8H11ClO2/c9-4-8(5-10)3-6-1-2-7(8)11-6/h5-7H,1-4H2. The van der Waals surface area contributed by atoms with Gasteiger partial charge in [-0.1, -0.05) is 0 Å². The lowest BCUT2D eigenvalue weighted by Gasteiger charge is -2.26. The first-order chi connectivity index (χ1) is 5.30. The summed E-state index contributed by atoms with van der Waals surface area (Å²) in [4.78, 5) is 10.8. The molecular formula is C8H11ClO2. The molecule has 2 saturated heterocycles. The molecule has 3 atom stereocenters. The first kappa shape index (κ1) is 7.56. The summed E-state index contributed by atoms with van der Waals surface area (Å²) in [7, 11) is 0. The van der Waals surface area contributed by atoms with Crippen molar-refractivity contribution < 1.29 is 9.53 Å². The average Bonchev–Trinajstić information content (AvgIpc) is 2.62. The zero-order chi connectivity index (χ0) is 7.90. The van der Waals surface area contributed by atoms with Gasteiger partial charge in [0.05, 0.1) is 17.6 Å². The van der Waals surface area contributed by atoms with Crippen LogP contribution < -0.4 is 0 Å². The summed E-state index contributed by atoms with van der Waals surface area (Å²) in [5.74, 6) is 0.414. The average molecular weight is 175 g/mol. The van der Waals surface area contributed by atoms with Crippen LogP contribution in [0.15, 0.2) is 0 Å². The number of hydrogen-bond acceptors (Lipinski definition) is 2. The molecule has 3 heteroatoms. The highest BCUT2D eigenvalue weighted by Crippen LogP contribution is 2.46. The minimum atomic E-state index is -0.343. The Morgan fingerprint density at radius 1 is 1.64 bits per heavy atom. The third-order valence-corrected chi connectivity index (χ3v) is 3.34. The second-order valence-electron chi connectivity index (χ2n) is 3.51. The number of carbonyl (C=O) groups excluding carboxylic acids is 1. The van der Waals surface area contributed by atoms with Gasteiger partial charge in [-0.3, -0.25) is 0 Å². The van der Waals surface area contributed by atoms with Crippen LogP contribution in [-0.2, 0) is 9.53 Å². The van der Waals surface area contributed by atoms with E-state index in [9.17, 15) is 4.79 Å². The Labute approximate surface area is 70.9 Å². The van der Waals surface area contributed by atoms with Crippen molar-refractivity contribution in [1.82, 2.24) is 0 Å². The van der Waals surface area contributed by atoms with E-state index in [1.54, 1.807) is 0 Å². The molecule has 3 unspecified atom stereocenters. The molecule has 0 N–H and O–H groups in total. The van der Waals surface area contributed by atoms with Crippen LogP contribution in [0.1, 0.15) is 19.3 Å². The molecule has 2 aliphatic rings. The predicted octanol–water partition coefficient (Wildman–Crippen LogP) is 1.36. The molecule has 0 amide bonds. The summed E-state index contributed by atoms with van der Waals surface area (Å²) < 4.78 is 5.55. The van der Waals surface area contributed by atoms with E-state index in [0.717, 1.165) is 25.5 Å². The molecule has 2 aliphatic heterocycles. The van der Waals surface area contributed by atoms with E-state index in [0.29, 0.717) is 12.0 Å². The Bertz CT molecular complexity index is 183. The van der Waals surface area contributed by atoms with E-state index in [-0.39, 0.29) is 11.5 Å². The van der Waals surface area contributed by atoms with E-state index in [1.807, 2.05) is 0 Å². The molecule has 0 aromatic rings. The highest BCUT2D eigenvalue weighted by molar-refractivity contribution is 6.19. The summed E-state index contributed by atoms with van der Waals surface area (Å²) in [6.45, 7) is 0. The highest BCUT2D eigenvalue weighted by Gasteiger charge is 2.51. The molecule has 0 aromatic carbocycles. The Balaban J connectivity index is 2.20. The Kier molecular flexibility index (Phi) is 1.69. The maximum absolute atomic E-state index is 10.8. The molecule has 2 heterocycles. The largest absolute Gasteiger partial charge is 0.374 e. The fourth-order valence-electron chi connectivity index (χ4n) is 2.13. The van der Waals surface area contributed by atoms with Gasteiger partial charge in [0, 0.05) is 5.88 Å². The summed E-state index contributed by atoms with van der Waals surface area (Å²) >= 11 is 5.75. The molecule has 11 heavy (non-hydrogen) atoms. The number of alkyl halides is 1. The number of ether oxygens (including phenoxy) is 1. The van der Waals surface area contributed by atoms with Crippen LogP contribution in [0.25, 0.3) is 0 Å². The predicted molar refractivity (Wildman–Crippen MR) is 41.7 cm³/mol. The SMILES string of the molecule is O=CC1(CCl)CC2CCC1O2. The van der Waals surface area contributed by atoms with Gasteiger partial charge in [0.15, 0.2) is 0 Å². The molecule has 2 bridgehead atoms. The van der Waals surface area contributed by atoms with Crippen molar-refractivity contribution in [3.63, 3.8) is 0 Å². The van der Waals surface area contributed by atoms with Gasteiger partial charge in [-0.05, 0) is 19.3 Å². The third-order valence-electron chi connectivity index (χ3n) is 2.84. The fraction of sp³-hybridized carbons (Fsp3) is 0.875. The van der Waals surface area contributed by atoms with Gasteiger partial charge in [-0.2, -0.15) is 0 Å². The van der Waals surface area contributed by atoms with Gasteiger partial charge in [0.2, 0.25) is 0 Å². The molecule has 2 fully saturated rings. The quantitative estimate of drug-likeness (QED) is 0.467. The number of hydrogen-bond donors (Lipinski definition) is 0. The number of rotatable bonds is 2. The number of halogens is 1. The van der Waals surface area contributed by atoms with Crippen LogP contribution in [0, 0.1) is 5.41 Å². The molecule has 0 radical (unpaired) electrons. The van der Waals surface area contributed by atoms with Crippen LogP contribution in [-0.4, -0.2) is 24.4 Å². The van der Waals surface area contributed by atoms with Crippen molar-refractivity contribution >= 4 is 17.9 Å². The van der Waals surface area contributed by atoms with Crippen molar-refractivity contribution in [2.24, 2.45) is 5.41 Å². The molecule has 0 aliphatic carbocycles. The Morgan fingerprint density at radius 3 is 2.73 bits per heavy atom. The topological polar surface area (TPSA) is 26.3 Å². The van der Waals surface area contributed by atoms with Crippen molar-refractivity contribution in [2.45, 2.75) is 31.5 Å². The summed E-state index contributed by atoms with van der Waals surface area (Å²) in [5.41, 5.74) is -0.343. The van der Waals surface area contributed by atoms with Crippen LogP contribution >= 0.6 is 11.6 Å². The first-order valence-electron chi connectivity index (χ1n) is 3.98. The minimum Gasteiger partial charge on any atom is -0.374 e. The Morgan fingerprint density at radius 2 is 2.45 bits per heavy atom. The highest BCUT2D eigenvalue weighted by atomic mass is 35.5. The molecular weight excluding hydrogens is 164 g/mol. The van der Waals surface area contributed by atoms with Gasteiger partial charge >= 0.3 is 0 Å². The molecule has 0 aromatic heterocycles. The minimum absolute atomic E-state index is 0.113. The fourth-order valence-corrected chi connectivity index (χ4v) is 2.47. The molecule has 0 spiro atoms. The van der Waals surface area contributed by atoms with Crippen LogP contribution in [0.3, 0.4) is 0 Å². The van der Waals surface area contributed by atoms with Gasteiger partial charge in [-0.25, -0.2) is 0 Å². The zero-order valence-corrected chi connectivity index (χ0v) is 7.01. The zero-order valence-electron chi connectivity index (χ0n) is 6.25. The molecule has 2 rings (SSSR count). The summed E-state index contributed by atoms with van der Waals surface area (Å²) in [5, 5.41) is 0. The maximum Gasteiger partial charge on any atom is 0.130 e. The summed E-state index contributed by atoms with van der Waals surface area (Å²) in [6, 6.07) is 0. The summed E-state index contributed by atoms with van der Waals surface area (Å²) in [6.07, 6.45) is 4.37. The normalized spacial score (nSPS) is 48.1. The van der Waals surface area contributed by atoms with Gasteiger partial charge < -0.3 is 9.53 Å². The van der Waals surface area contributed by atoms with Crippen molar-refractivity contribution in [1.29, 1.82) is 0 Å². The number of carbonyl (C=O) groups is 1. The lowest BCUT2D eigenvalue weighted by molar-refractivity contribution is -0.117. The first-order valence-corrected chi connectivity index (χ1v) is 4.52. The van der Waals surface area contributed by atoms with Crippen LogP contribution in [0.4, 0.5) is 0 Å². The van der Waals surface area contributed by atoms with E-state index in [4.69, 9.17) is 16.3 Å². The van der Waals surface area contributed by atoms with Crippen LogP contribution in [0.5, 0.6) is 0 Å². The molecule has 0 saturated carbocycles. The number of fused-ring (bicyclic) bond motifs is 2. The lowest BCUT2D eigenvalue weighted by atomic mass is 9.77. The Hall–Kier alpha value is -0.0800. The molecule has 62 valence electrons. The third kappa shape index (κ3) is 0.926. The van der Waals surface area contributed by atoms with Crippen molar-refractivity contribution in [3.8, 4) is 0 Å². The van der Waals surface area contributed by atoms with E-state index < -0.39 is 0 Å². The van der Waals surface area contributed by atoms with E-state index in [2.05, 4.69) is 0 Å². The van der Waals surface area contributed by atoms with E-state index in [1.165, 1.54) is 0 Å². The smallest absolute Gasteiger partial charge is 0.130 e. The monoisotopic (exact) mass is 174 g/mol. The van der Waals surface area contributed by atoms with Gasteiger partial charge in [0.25, 0.3) is 0 Å². The van der Waals surface area contributed by atoms with Gasteiger partial charge in [-0.15, -0.1) is 11.6 Å². The second-order valence-corrected chi connectivity index (χ2v) is 3.78. The molecule has 2 nitrogen and oxygen atoms in total. The van der Waals surface area contributed by atoms with Crippen LogP contribution in [0.2, 0.25) is 0 Å². The van der Waals surface area contributed by atoms with Crippen molar-refractivity contribution in [2.75, 3.05) is 5.88 Å². The lowest BCUT2D eigenvalue weighted by Crippen LogP contribution is -2.35. The number of aldehydes is 1. The maximum atomic E-state index is 10.8. The second kappa shape index (κ2) is 2.46. The van der Waals surface area contributed by atoms with Gasteiger partial charge in [0.1, 0.15) is 6.29 Å². The van der Waals surface area contributed by atoms with E-state index >= 15 is 0 Å². The van der Waals surface area contributed by atoms with Crippen molar-refractivity contribution in [3.05, 3.63) is 0 Å².